The molecule has 0 bridgehead atoms. The van der Waals surface area contributed by atoms with Gasteiger partial charge >= 0.3 is 5.97 Å². The summed E-state index contributed by atoms with van der Waals surface area (Å²) in [6.07, 6.45) is 1.72. The molecule has 0 saturated carbocycles. The zero-order valence-corrected chi connectivity index (χ0v) is 21.1. The number of nitrogens with zero attached hydrogens (tertiary/aromatic N) is 3. The first kappa shape index (κ1) is 23.8. The number of benzene rings is 1. The highest BCUT2D eigenvalue weighted by Crippen LogP contribution is 2.31. The van der Waals surface area contributed by atoms with Crippen LogP contribution in [-0.4, -0.2) is 31.2 Å². The molecule has 3 aromatic rings. The minimum Gasteiger partial charge on any atom is -0.463 e. The van der Waals surface area contributed by atoms with Crippen molar-refractivity contribution in [3.8, 4) is 0 Å². The highest BCUT2D eigenvalue weighted by Gasteiger charge is 2.33. The van der Waals surface area contributed by atoms with Crippen LogP contribution in [0.1, 0.15) is 56.5 Å². The molecule has 1 aliphatic rings. The van der Waals surface area contributed by atoms with Crippen LogP contribution in [0.15, 0.2) is 61.9 Å². The summed E-state index contributed by atoms with van der Waals surface area (Å²) < 4.78 is 13.2. The highest BCUT2D eigenvalue weighted by atomic mass is 32.1. The molecule has 178 valence electrons. The third kappa shape index (κ3) is 4.37. The van der Waals surface area contributed by atoms with Crippen molar-refractivity contribution in [2.24, 2.45) is 4.99 Å². The first-order chi connectivity index (χ1) is 16.2. The summed E-state index contributed by atoms with van der Waals surface area (Å²) in [5, 5.41) is 0. The van der Waals surface area contributed by atoms with Crippen molar-refractivity contribution in [2.75, 3.05) is 25.6 Å². The molecule has 3 heterocycles. The number of carbonyl (C=O) groups is 1. The lowest BCUT2D eigenvalue weighted by Crippen LogP contribution is -2.39. The molecule has 0 aliphatic carbocycles. The number of fused-ring (bicyclic) bond motifs is 1. The third-order valence-electron chi connectivity index (χ3n) is 5.76. The van der Waals surface area contributed by atoms with Gasteiger partial charge in [0.05, 0.1) is 28.5 Å². The lowest BCUT2D eigenvalue weighted by atomic mass is 9.93. The van der Waals surface area contributed by atoms with E-state index in [4.69, 9.17) is 9.15 Å². The lowest BCUT2D eigenvalue weighted by molar-refractivity contribution is -0.139. The molecule has 34 heavy (non-hydrogen) atoms. The van der Waals surface area contributed by atoms with E-state index < -0.39 is 12.0 Å². The minimum atomic E-state index is -0.618. The van der Waals surface area contributed by atoms with Crippen LogP contribution in [0.3, 0.4) is 0 Å². The van der Waals surface area contributed by atoms with Crippen LogP contribution in [0.5, 0.6) is 0 Å². The molecule has 0 radical (unpaired) electrons. The SMILES string of the molecule is CCOC(=O)C1=C(C)N=c2s/c(=C\c3ccc(N(C)C)o3)c(=O)n2[C@H]1c1ccc(C(C)C)cc1. The van der Waals surface area contributed by atoms with Gasteiger partial charge in [-0.25, -0.2) is 9.79 Å². The van der Waals surface area contributed by atoms with E-state index in [0.29, 0.717) is 38.2 Å². The summed E-state index contributed by atoms with van der Waals surface area (Å²) in [5.74, 6) is 1.19. The Morgan fingerprint density at radius 2 is 1.94 bits per heavy atom. The normalized spacial score (nSPS) is 16.0. The molecule has 0 saturated heterocycles. The van der Waals surface area contributed by atoms with Crippen molar-refractivity contribution in [1.29, 1.82) is 0 Å². The monoisotopic (exact) mass is 479 g/mol. The number of thiazole rings is 1. The number of anilines is 1. The van der Waals surface area contributed by atoms with E-state index >= 15 is 0 Å². The molecule has 0 spiro atoms. The fraction of sp³-hybridized carbons (Fsp3) is 0.346. The van der Waals surface area contributed by atoms with Crippen molar-refractivity contribution in [2.45, 2.75) is 39.7 Å². The van der Waals surface area contributed by atoms with Gasteiger partial charge in [0.1, 0.15) is 5.76 Å². The van der Waals surface area contributed by atoms with Crippen LogP contribution in [0.2, 0.25) is 0 Å². The van der Waals surface area contributed by atoms with Crippen LogP contribution in [0.25, 0.3) is 6.08 Å². The molecule has 0 amide bonds. The first-order valence-electron chi connectivity index (χ1n) is 11.3. The topological polar surface area (TPSA) is 77.0 Å². The van der Waals surface area contributed by atoms with Crippen molar-refractivity contribution >= 4 is 29.3 Å². The van der Waals surface area contributed by atoms with Crippen LogP contribution in [0.4, 0.5) is 5.88 Å². The number of ether oxygens (including phenoxy) is 1. The summed E-state index contributed by atoms with van der Waals surface area (Å²) in [6.45, 7) is 8.05. The smallest absolute Gasteiger partial charge is 0.338 e. The zero-order valence-electron chi connectivity index (χ0n) is 20.3. The highest BCUT2D eigenvalue weighted by molar-refractivity contribution is 7.07. The third-order valence-corrected chi connectivity index (χ3v) is 6.75. The Balaban J connectivity index is 1.90. The van der Waals surface area contributed by atoms with Crippen molar-refractivity contribution in [3.05, 3.63) is 84.2 Å². The molecular formula is C26H29N3O4S. The van der Waals surface area contributed by atoms with Gasteiger partial charge in [0.15, 0.2) is 10.7 Å². The Labute approximate surface area is 202 Å². The van der Waals surface area contributed by atoms with E-state index in [-0.39, 0.29) is 12.2 Å². The van der Waals surface area contributed by atoms with Gasteiger partial charge in [-0.3, -0.25) is 9.36 Å². The van der Waals surface area contributed by atoms with E-state index in [9.17, 15) is 9.59 Å². The maximum atomic E-state index is 13.6. The van der Waals surface area contributed by atoms with Crippen molar-refractivity contribution in [3.63, 3.8) is 0 Å². The molecule has 7 nitrogen and oxygen atoms in total. The molecule has 4 rings (SSSR count). The van der Waals surface area contributed by atoms with Gasteiger partial charge < -0.3 is 14.1 Å². The number of rotatable bonds is 6. The second kappa shape index (κ2) is 9.46. The van der Waals surface area contributed by atoms with Gasteiger partial charge in [-0.15, -0.1) is 0 Å². The van der Waals surface area contributed by atoms with Crippen molar-refractivity contribution in [1.82, 2.24) is 4.57 Å². The van der Waals surface area contributed by atoms with Gasteiger partial charge in [-0.2, -0.15) is 0 Å². The molecule has 1 aromatic carbocycles. The van der Waals surface area contributed by atoms with Crippen molar-refractivity contribution < 1.29 is 13.9 Å². The molecule has 0 fully saturated rings. The Hall–Kier alpha value is -3.39. The summed E-state index contributed by atoms with van der Waals surface area (Å²) in [4.78, 5) is 33.6. The second-order valence-electron chi connectivity index (χ2n) is 8.69. The predicted octanol–water partition coefficient (Wildman–Crippen LogP) is 3.58. The molecule has 1 aliphatic heterocycles. The molecular weight excluding hydrogens is 450 g/mol. The van der Waals surface area contributed by atoms with Gasteiger partial charge in [0.25, 0.3) is 5.56 Å². The van der Waals surface area contributed by atoms with Crippen LogP contribution >= 0.6 is 11.3 Å². The van der Waals surface area contributed by atoms with E-state index in [2.05, 4.69) is 18.8 Å². The average molecular weight is 480 g/mol. The Kier molecular flexibility index (Phi) is 6.61. The van der Waals surface area contributed by atoms with Gasteiger partial charge in [-0.05, 0) is 37.0 Å². The lowest BCUT2D eigenvalue weighted by Gasteiger charge is -2.25. The summed E-state index contributed by atoms with van der Waals surface area (Å²) in [5.41, 5.74) is 2.73. The molecule has 8 heteroatoms. The number of aromatic nitrogens is 1. The van der Waals surface area contributed by atoms with Gasteiger partial charge in [-0.1, -0.05) is 49.4 Å². The van der Waals surface area contributed by atoms with Crippen LogP contribution in [0, 0.1) is 0 Å². The molecule has 1 atom stereocenters. The second-order valence-corrected chi connectivity index (χ2v) is 9.70. The summed E-state index contributed by atoms with van der Waals surface area (Å²) in [6, 6.07) is 11.1. The quantitative estimate of drug-likeness (QED) is 0.505. The minimum absolute atomic E-state index is 0.223. The first-order valence-corrected chi connectivity index (χ1v) is 12.1. The molecule has 2 aromatic heterocycles. The number of hydrogen-bond acceptors (Lipinski definition) is 7. The number of hydrogen-bond donors (Lipinski definition) is 0. The summed E-state index contributed by atoms with van der Waals surface area (Å²) in [7, 11) is 3.78. The predicted molar refractivity (Wildman–Crippen MR) is 134 cm³/mol. The average Bonchev–Trinajstić information content (AvgIpc) is 3.38. The zero-order chi connectivity index (χ0) is 24.6. The maximum absolute atomic E-state index is 13.6. The van der Waals surface area contributed by atoms with Gasteiger partial charge in [0, 0.05) is 26.2 Å². The van der Waals surface area contributed by atoms with Crippen LogP contribution in [-0.2, 0) is 9.53 Å². The van der Waals surface area contributed by atoms with Crippen LogP contribution < -0.4 is 19.8 Å². The van der Waals surface area contributed by atoms with E-state index in [1.54, 1.807) is 24.5 Å². The standard InChI is InChI=1S/C26H29N3O4S/c1-7-32-25(31)22-16(4)27-26-29(23(22)18-10-8-17(9-11-18)15(2)3)24(30)20(34-26)14-19-12-13-21(33-19)28(5)6/h8-15,23H,7H2,1-6H3/b20-14-/t23-/m0/s1. The number of furan rings is 1. The number of carbonyl (C=O) groups excluding carboxylic acids is 1. The number of allylic oxidation sites excluding steroid dienone is 1. The maximum Gasteiger partial charge on any atom is 0.338 e. The Bertz CT molecular complexity index is 1420. The van der Waals surface area contributed by atoms with E-state index in [1.165, 1.54) is 16.9 Å². The fourth-order valence-corrected chi connectivity index (χ4v) is 4.99. The number of esters is 1. The fourth-order valence-electron chi connectivity index (χ4n) is 3.96. The molecule has 0 unspecified atom stereocenters. The van der Waals surface area contributed by atoms with E-state index in [1.807, 2.05) is 55.4 Å². The Morgan fingerprint density at radius 3 is 2.53 bits per heavy atom. The molecule has 0 N–H and O–H groups in total. The largest absolute Gasteiger partial charge is 0.463 e. The van der Waals surface area contributed by atoms with E-state index in [0.717, 1.165) is 5.56 Å². The van der Waals surface area contributed by atoms with Gasteiger partial charge in [0.2, 0.25) is 0 Å². The summed E-state index contributed by atoms with van der Waals surface area (Å²) >= 11 is 1.28. The Morgan fingerprint density at radius 1 is 1.24 bits per heavy atom.